The van der Waals surface area contributed by atoms with Gasteiger partial charge < -0.3 is 0 Å². The lowest BCUT2D eigenvalue weighted by molar-refractivity contribution is -0.128. The van der Waals surface area contributed by atoms with Crippen molar-refractivity contribution in [1.82, 2.24) is 10.3 Å². The van der Waals surface area contributed by atoms with Crippen LogP contribution in [0.2, 0.25) is 0 Å². The molecule has 2 aliphatic rings. The topological polar surface area (TPSA) is 58.4 Å². The molecule has 1 saturated carbocycles. The van der Waals surface area contributed by atoms with E-state index in [0.717, 1.165) is 12.5 Å². The normalized spacial score (nSPS) is 32.9. The van der Waals surface area contributed by atoms with E-state index < -0.39 is 0 Å². The molecule has 1 aliphatic heterocycles. The molecule has 0 radical (unpaired) electrons. The van der Waals surface area contributed by atoms with E-state index >= 15 is 0 Å². The first-order valence-electron chi connectivity index (χ1n) is 6.50. The largest absolute Gasteiger partial charge is 0.293 e. The van der Waals surface area contributed by atoms with E-state index in [1.165, 1.54) is 38.5 Å². The van der Waals surface area contributed by atoms with E-state index in [2.05, 4.69) is 10.3 Å². The predicted molar refractivity (Wildman–Crippen MR) is 63.5 cm³/mol. The van der Waals surface area contributed by atoms with Crippen molar-refractivity contribution < 1.29 is 4.79 Å². The van der Waals surface area contributed by atoms with Crippen molar-refractivity contribution in [3.8, 4) is 0 Å². The highest BCUT2D eigenvalue weighted by Gasteiger charge is 2.37. The fraction of sp³-hybridized carbons (Fsp3) is 0.917. The fourth-order valence-electron chi connectivity index (χ4n) is 3.42. The van der Waals surface area contributed by atoms with Crippen LogP contribution in [0.5, 0.6) is 0 Å². The number of piperidine rings is 1. The first-order chi connectivity index (χ1) is 7.74. The van der Waals surface area contributed by atoms with Crippen LogP contribution in [0.1, 0.15) is 45.4 Å². The second kappa shape index (κ2) is 5.15. The van der Waals surface area contributed by atoms with E-state index in [1.807, 2.05) is 6.92 Å². The van der Waals surface area contributed by atoms with E-state index in [9.17, 15) is 4.79 Å². The maximum atomic E-state index is 11.6. The van der Waals surface area contributed by atoms with Crippen molar-refractivity contribution in [2.45, 2.75) is 57.5 Å². The summed E-state index contributed by atoms with van der Waals surface area (Å²) in [5, 5.41) is 0. The standard InChI is InChI=1S/C12H23N3O/c1-9(12(16)14-13)15-8-4-6-10-5-2-3-7-11(10)15/h9-11H,2-8,13H2,1H3,(H,14,16). The van der Waals surface area contributed by atoms with Gasteiger partial charge in [0, 0.05) is 6.04 Å². The van der Waals surface area contributed by atoms with Gasteiger partial charge >= 0.3 is 0 Å². The molecular formula is C12H23N3O. The second-order valence-electron chi connectivity index (χ2n) is 5.18. The number of hydrogen-bond acceptors (Lipinski definition) is 3. The Hall–Kier alpha value is -0.610. The Labute approximate surface area is 97.5 Å². The molecule has 2 rings (SSSR count). The lowest BCUT2D eigenvalue weighted by Gasteiger charge is -2.46. The molecule has 16 heavy (non-hydrogen) atoms. The molecule has 0 aromatic heterocycles. The monoisotopic (exact) mass is 225 g/mol. The number of rotatable bonds is 2. The fourth-order valence-corrected chi connectivity index (χ4v) is 3.42. The molecule has 0 spiro atoms. The molecule has 1 saturated heterocycles. The third kappa shape index (κ3) is 2.23. The highest BCUT2D eigenvalue weighted by atomic mass is 16.2. The van der Waals surface area contributed by atoms with Gasteiger partial charge in [-0.25, -0.2) is 5.84 Å². The van der Waals surface area contributed by atoms with Crippen LogP contribution in [0.15, 0.2) is 0 Å². The highest BCUT2D eigenvalue weighted by Crippen LogP contribution is 2.36. The minimum absolute atomic E-state index is 0.0498. The van der Waals surface area contributed by atoms with E-state index in [4.69, 9.17) is 5.84 Å². The van der Waals surface area contributed by atoms with Crippen LogP contribution in [0.25, 0.3) is 0 Å². The molecule has 3 atom stereocenters. The van der Waals surface area contributed by atoms with Gasteiger partial charge in [0.1, 0.15) is 0 Å². The van der Waals surface area contributed by atoms with Crippen LogP contribution in [0.3, 0.4) is 0 Å². The summed E-state index contributed by atoms with van der Waals surface area (Å²) in [7, 11) is 0. The van der Waals surface area contributed by atoms with Crippen molar-refractivity contribution in [3.05, 3.63) is 0 Å². The molecule has 3 N–H and O–H groups in total. The number of carbonyl (C=O) groups excluding carboxylic acids is 1. The van der Waals surface area contributed by atoms with Crippen molar-refractivity contribution in [2.75, 3.05) is 6.54 Å². The Morgan fingerprint density at radius 2 is 2.00 bits per heavy atom. The number of likely N-dealkylation sites (tertiary alicyclic amines) is 1. The Bertz CT molecular complexity index is 255. The van der Waals surface area contributed by atoms with Crippen molar-refractivity contribution in [1.29, 1.82) is 0 Å². The number of nitrogens with one attached hydrogen (secondary N) is 1. The Morgan fingerprint density at radius 1 is 1.31 bits per heavy atom. The third-order valence-electron chi connectivity index (χ3n) is 4.31. The summed E-state index contributed by atoms with van der Waals surface area (Å²) < 4.78 is 0. The predicted octanol–water partition coefficient (Wildman–Crippen LogP) is 1.02. The Kier molecular flexibility index (Phi) is 3.82. The minimum atomic E-state index is -0.0732. The number of carbonyl (C=O) groups is 1. The van der Waals surface area contributed by atoms with E-state index in [0.29, 0.717) is 6.04 Å². The average Bonchev–Trinajstić information content (AvgIpc) is 2.36. The van der Waals surface area contributed by atoms with Gasteiger partial charge in [-0.2, -0.15) is 0 Å². The number of fused-ring (bicyclic) bond motifs is 1. The summed E-state index contributed by atoms with van der Waals surface area (Å²) in [4.78, 5) is 14.0. The third-order valence-corrected chi connectivity index (χ3v) is 4.31. The van der Waals surface area contributed by atoms with Crippen molar-refractivity contribution in [3.63, 3.8) is 0 Å². The summed E-state index contributed by atoms with van der Waals surface area (Å²) in [5.74, 6) is 5.99. The molecule has 4 heteroatoms. The van der Waals surface area contributed by atoms with Crippen molar-refractivity contribution in [2.24, 2.45) is 11.8 Å². The van der Waals surface area contributed by atoms with Crippen LogP contribution in [0, 0.1) is 5.92 Å². The quantitative estimate of drug-likeness (QED) is 0.419. The molecule has 1 amide bonds. The molecule has 2 fully saturated rings. The molecule has 0 aromatic rings. The van der Waals surface area contributed by atoms with Gasteiger partial charge in [0.2, 0.25) is 0 Å². The summed E-state index contributed by atoms with van der Waals surface area (Å²) in [6.07, 6.45) is 7.85. The maximum Gasteiger partial charge on any atom is 0.250 e. The number of amides is 1. The molecule has 0 bridgehead atoms. The molecule has 1 aliphatic carbocycles. The van der Waals surface area contributed by atoms with E-state index in [-0.39, 0.29) is 11.9 Å². The van der Waals surface area contributed by atoms with Gasteiger partial charge in [-0.3, -0.25) is 15.1 Å². The van der Waals surface area contributed by atoms with E-state index in [1.54, 1.807) is 0 Å². The van der Waals surface area contributed by atoms with Crippen LogP contribution in [0.4, 0.5) is 0 Å². The number of hydrogen-bond donors (Lipinski definition) is 2. The maximum absolute atomic E-state index is 11.6. The first kappa shape index (κ1) is 11.9. The lowest BCUT2D eigenvalue weighted by atomic mass is 9.78. The van der Waals surface area contributed by atoms with Crippen LogP contribution >= 0.6 is 0 Å². The van der Waals surface area contributed by atoms with Crippen LogP contribution in [-0.2, 0) is 4.79 Å². The molecule has 1 heterocycles. The molecule has 3 unspecified atom stereocenters. The Morgan fingerprint density at radius 3 is 2.75 bits per heavy atom. The first-order valence-corrected chi connectivity index (χ1v) is 6.50. The summed E-state index contributed by atoms with van der Waals surface area (Å²) in [6.45, 7) is 3.02. The van der Waals surface area contributed by atoms with Gasteiger partial charge in [0.25, 0.3) is 5.91 Å². The average molecular weight is 225 g/mol. The van der Waals surface area contributed by atoms with Gasteiger partial charge in [0.05, 0.1) is 6.04 Å². The minimum Gasteiger partial charge on any atom is -0.293 e. The second-order valence-corrected chi connectivity index (χ2v) is 5.18. The molecule has 4 nitrogen and oxygen atoms in total. The SMILES string of the molecule is CC(C(=O)NN)N1CCCC2CCCCC21. The zero-order valence-corrected chi connectivity index (χ0v) is 10.1. The Balaban J connectivity index is 2.04. The van der Waals surface area contributed by atoms with Crippen LogP contribution < -0.4 is 11.3 Å². The molecule has 92 valence electrons. The van der Waals surface area contributed by atoms with Gasteiger partial charge in [0.15, 0.2) is 0 Å². The molecular weight excluding hydrogens is 202 g/mol. The highest BCUT2D eigenvalue weighted by molar-refractivity contribution is 5.80. The number of nitrogens with zero attached hydrogens (tertiary/aromatic N) is 1. The summed E-state index contributed by atoms with van der Waals surface area (Å²) in [6, 6.07) is 0.547. The number of hydrazine groups is 1. The smallest absolute Gasteiger partial charge is 0.250 e. The number of nitrogens with two attached hydrogens (primary N) is 1. The van der Waals surface area contributed by atoms with Gasteiger partial charge in [-0.1, -0.05) is 12.8 Å². The van der Waals surface area contributed by atoms with Gasteiger partial charge in [-0.15, -0.1) is 0 Å². The van der Waals surface area contributed by atoms with Crippen molar-refractivity contribution >= 4 is 5.91 Å². The summed E-state index contributed by atoms with van der Waals surface area (Å²) >= 11 is 0. The summed E-state index contributed by atoms with van der Waals surface area (Å²) in [5.41, 5.74) is 2.28. The molecule has 0 aromatic carbocycles. The van der Waals surface area contributed by atoms with Crippen LogP contribution in [-0.4, -0.2) is 29.4 Å². The zero-order chi connectivity index (χ0) is 11.5. The van der Waals surface area contributed by atoms with Gasteiger partial charge in [-0.05, 0) is 45.1 Å². The lowest BCUT2D eigenvalue weighted by Crippen LogP contribution is -2.56. The zero-order valence-electron chi connectivity index (χ0n) is 10.1.